The first-order valence-corrected chi connectivity index (χ1v) is 5.92. The van der Waals surface area contributed by atoms with E-state index in [-0.39, 0.29) is 0 Å². The topological polar surface area (TPSA) is 30.9 Å². The molecule has 1 rings (SSSR count). The molecule has 0 aromatic heterocycles. The molecule has 93 valence electrons. The van der Waals surface area contributed by atoms with Crippen LogP contribution in [0.4, 0.5) is 5.69 Å². The van der Waals surface area contributed by atoms with Crippen molar-refractivity contribution in [1.29, 1.82) is 0 Å². The van der Waals surface area contributed by atoms with E-state index in [1.807, 2.05) is 16.7 Å². The first kappa shape index (κ1) is 13.7. The number of hydrogen-bond donors (Lipinski definition) is 0. The summed E-state index contributed by atoms with van der Waals surface area (Å²) in [6, 6.07) is 3.79. The van der Waals surface area contributed by atoms with E-state index in [1.54, 1.807) is 21.3 Å². The van der Waals surface area contributed by atoms with Gasteiger partial charge in [0.15, 0.2) is 21.9 Å². The quantitative estimate of drug-likeness (QED) is 0.725. The van der Waals surface area contributed by atoms with Crippen molar-refractivity contribution in [2.24, 2.45) is 0 Å². The van der Waals surface area contributed by atoms with E-state index in [0.29, 0.717) is 17.2 Å². The Hall–Kier alpha value is -1.36. The van der Waals surface area contributed by atoms with Crippen LogP contribution >= 0.6 is 0 Å². The van der Waals surface area contributed by atoms with Crippen LogP contribution in [-0.4, -0.2) is 38.3 Å². The maximum absolute atomic E-state index is 5.40. The molecule has 0 aliphatic rings. The highest BCUT2D eigenvalue weighted by Gasteiger charge is 2.17. The molecule has 0 saturated carbocycles. The fourth-order valence-electron chi connectivity index (χ4n) is 1.64. The van der Waals surface area contributed by atoms with Crippen LogP contribution in [0.15, 0.2) is 12.1 Å². The monoisotopic (exact) mass is 252 g/mol. The number of rotatable bonds is 6. The number of ether oxygens (including phenoxy) is 3. The van der Waals surface area contributed by atoms with Gasteiger partial charge in [0.1, 0.15) is 0 Å². The summed E-state index contributed by atoms with van der Waals surface area (Å²) in [5.74, 6) is 1.92. The zero-order chi connectivity index (χ0) is 12.8. The van der Waals surface area contributed by atoms with Crippen LogP contribution in [0, 0.1) is 0 Å². The summed E-state index contributed by atoms with van der Waals surface area (Å²) in [7, 11) is 8.38. The third-order valence-corrected chi connectivity index (χ3v) is 2.89. The third kappa shape index (κ3) is 2.85. The summed E-state index contributed by atoms with van der Waals surface area (Å²) < 4.78 is 17.9. The van der Waals surface area contributed by atoms with Crippen molar-refractivity contribution in [1.82, 2.24) is 0 Å². The molecule has 0 amide bonds. The standard InChI is InChI=1S/C12H18NO3Si/c1-5-8-13(17)9-6-7-10(14-2)12(16-4)11(9)15-3/h6-7H,5,8H2,1-4H3. The van der Waals surface area contributed by atoms with E-state index in [1.165, 1.54) is 0 Å². The summed E-state index contributed by atoms with van der Waals surface area (Å²) in [6.45, 7) is 2.99. The van der Waals surface area contributed by atoms with Gasteiger partial charge in [-0.3, -0.25) is 0 Å². The van der Waals surface area contributed by atoms with Crippen LogP contribution in [0.3, 0.4) is 0 Å². The van der Waals surface area contributed by atoms with Crippen molar-refractivity contribution in [3.8, 4) is 17.2 Å². The lowest BCUT2D eigenvalue weighted by Gasteiger charge is -2.23. The molecule has 0 unspecified atom stereocenters. The minimum atomic E-state index is 0.604. The predicted molar refractivity (Wildman–Crippen MR) is 69.5 cm³/mol. The molecule has 0 bridgehead atoms. The van der Waals surface area contributed by atoms with Gasteiger partial charge >= 0.3 is 0 Å². The van der Waals surface area contributed by atoms with Gasteiger partial charge in [-0.05, 0) is 18.6 Å². The summed E-state index contributed by atoms with van der Waals surface area (Å²) in [5, 5.41) is 0. The summed E-state index contributed by atoms with van der Waals surface area (Å²) in [6.07, 6.45) is 1.03. The molecular formula is C12H18NO3Si. The second kappa shape index (κ2) is 6.39. The van der Waals surface area contributed by atoms with Gasteiger partial charge in [-0.2, -0.15) is 0 Å². The second-order valence-corrected chi connectivity index (χ2v) is 4.04. The summed E-state index contributed by atoms with van der Waals surface area (Å²) >= 11 is 0. The lowest BCUT2D eigenvalue weighted by atomic mass is 10.2. The molecule has 0 N–H and O–H groups in total. The Kier molecular flexibility index (Phi) is 5.15. The Morgan fingerprint density at radius 1 is 1.06 bits per heavy atom. The van der Waals surface area contributed by atoms with E-state index in [4.69, 9.17) is 14.2 Å². The zero-order valence-corrected chi connectivity index (χ0v) is 11.7. The van der Waals surface area contributed by atoms with E-state index in [9.17, 15) is 0 Å². The molecule has 5 heteroatoms. The van der Waals surface area contributed by atoms with Crippen LogP contribution in [-0.2, 0) is 0 Å². The largest absolute Gasteiger partial charge is 0.493 e. The molecule has 0 saturated heterocycles. The zero-order valence-electron chi connectivity index (χ0n) is 10.7. The van der Waals surface area contributed by atoms with Crippen molar-refractivity contribution in [2.45, 2.75) is 13.3 Å². The van der Waals surface area contributed by atoms with Gasteiger partial charge in [-0.25, -0.2) is 0 Å². The van der Waals surface area contributed by atoms with Crippen molar-refractivity contribution in [3.63, 3.8) is 0 Å². The predicted octanol–water partition coefficient (Wildman–Crippen LogP) is 2.01. The number of hydrogen-bond acceptors (Lipinski definition) is 4. The van der Waals surface area contributed by atoms with Crippen molar-refractivity contribution >= 4 is 16.1 Å². The second-order valence-electron chi connectivity index (χ2n) is 3.51. The maximum atomic E-state index is 5.40. The van der Waals surface area contributed by atoms with Crippen LogP contribution < -0.4 is 18.8 Å². The van der Waals surface area contributed by atoms with E-state index in [2.05, 4.69) is 17.3 Å². The average Bonchev–Trinajstić information content (AvgIpc) is 2.36. The molecule has 3 radical (unpaired) electrons. The van der Waals surface area contributed by atoms with Crippen LogP contribution in [0.25, 0.3) is 0 Å². The smallest absolute Gasteiger partial charge is 0.205 e. The Labute approximate surface area is 106 Å². The number of benzene rings is 1. The number of nitrogens with zero attached hydrogens (tertiary/aromatic N) is 1. The van der Waals surface area contributed by atoms with Crippen LogP contribution in [0.1, 0.15) is 13.3 Å². The average molecular weight is 252 g/mol. The molecule has 1 aromatic carbocycles. The highest BCUT2D eigenvalue weighted by atomic mass is 28.2. The Morgan fingerprint density at radius 2 is 1.71 bits per heavy atom. The molecule has 4 nitrogen and oxygen atoms in total. The third-order valence-electron chi connectivity index (χ3n) is 2.42. The van der Waals surface area contributed by atoms with E-state index < -0.39 is 0 Å². The molecule has 0 spiro atoms. The van der Waals surface area contributed by atoms with Crippen molar-refractivity contribution < 1.29 is 14.2 Å². The number of methoxy groups -OCH3 is 3. The van der Waals surface area contributed by atoms with Gasteiger partial charge in [-0.15, -0.1) is 0 Å². The molecule has 1 aromatic rings. The Bertz CT molecular complexity index is 371. The Balaban J connectivity index is 3.22. The van der Waals surface area contributed by atoms with Gasteiger partial charge in [-0.1, -0.05) is 6.92 Å². The van der Waals surface area contributed by atoms with E-state index >= 15 is 0 Å². The van der Waals surface area contributed by atoms with Gasteiger partial charge in [0.2, 0.25) is 5.75 Å². The highest BCUT2D eigenvalue weighted by Crippen LogP contribution is 2.43. The highest BCUT2D eigenvalue weighted by molar-refractivity contribution is 6.18. The minimum Gasteiger partial charge on any atom is -0.493 e. The first-order chi connectivity index (χ1) is 8.19. The van der Waals surface area contributed by atoms with Crippen molar-refractivity contribution in [3.05, 3.63) is 12.1 Å². The van der Waals surface area contributed by atoms with Crippen molar-refractivity contribution in [2.75, 3.05) is 32.4 Å². The molecule has 0 aliphatic heterocycles. The van der Waals surface area contributed by atoms with Crippen LogP contribution in [0.2, 0.25) is 0 Å². The normalized spacial score (nSPS) is 9.94. The van der Waals surface area contributed by atoms with E-state index in [0.717, 1.165) is 18.7 Å². The summed E-state index contributed by atoms with van der Waals surface area (Å²) in [5.41, 5.74) is 0.920. The lowest BCUT2D eigenvalue weighted by Crippen LogP contribution is -2.20. The van der Waals surface area contributed by atoms with Gasteiger partial charge < -0.3 is 18.8 Å². The minimum absolute atomic E-state index is 0.604. The molecular weight excluding hydrogens is 234 g/mol. The van der Waals surface area contributed by atoms with Gasteiger partial charge in [0, 0.05) is 6.54 Å². The molecule has 0 fully saturated rings. The number of anilines is 1. The SMILES string of the molecule is CCCN([Si])c1ccc(OC)c(OC)c1OC. The van der Waals surface area contributed by atoms with Gasteiger partial charge in [0.25, 0.3) is 0 Å². The molecule has 0 aliphatic carbocycles. The molecule has 0 heterocycles. The Morgan fingerprint density at radius 3 is 2.18 bits per heavy atom. The maximum Gasteiger partial charge on any atom is 0.205 e. The molecule has 17 heavy (non-hydrogen) atoms. The van der Waals surface area contributed by atoms with Crippen LogP contribution in [0.5, 0.6) is 17.2 Å². The summed E-state index contributed by atoms with van der Waals surface area (Å²) in [4.78, 5) is 0. The fraction of sp³-hybridized carbons (Fsp3) is 0.500. The lowest BCUT2D eigenvalue weighted by molar-refractivity contribution is 0.325. The molecule has 0 atom stereocenters. The van der Waals surface area contributed by atoms with Gasteiger partial charge in [0.05, 0.1) is 27.0 Å². The first-order valence-electron chi connectivity index (χ1n) is 5.47. The fourth-order valence-corrected chi connectivity index (χ4v) is 2.04.